The van der Waals surface area contributed by atoms with Gasteiger partial charge in [0.05, 0.1) is 19.1 Å². The van der Waals surface area contributed by atoms with Gasteiger partial charge in [0.2, 0.25) is 0 Å². The highest BCUT2D eigenvalue weighted by Gasteiger charge is 2.29. The van der Waals surface area contributed by atoms with Crippen LogP contribution in [0, 0.1) is 0 Å². The van der Waals surface area contributed by atoms with Gasteiger partial charge < -0.3 is 9.47 Å². The predicted molar refractivity (Wildman–Crippen MR) is 76.5 cm³/mol. The zero-order valence-electron chi connectivity index (χ0n) is 11.3. The van der Waals surface area contributed by atoms with Crippen LogP contribution in [0.3, 0.4) is 0 Å². The number of aryl methyl sites for hydroxylation is 1. The third-order valence-corrected chi connectivity index (χ3v) is 3.77. The quantitative estimate of drug-likeness (QED) is 0.794. The van der Waals surface area contributed by atoms with Gasteiger partial charge in [-0.3, -0.25) is 0 Å². The van der Waals surface area contributed by atoms with Crippen LogP contribution in [0.2, 0.25) is 5.02 Å². The largest absolute Gasteiger partial charge is 0.347 e. The fourth-order valence-corrected chi connectivity index (χ4v) is 2.68. The van der Waals surface area contributed by atoms with Gasteiger partial charge in [-0.25, -0.2) is 4.57 Å². The Labute approximate surface area is 123 Å². The first kappa shape index (κ1) is 13.6. The van der Waals surface area contributed by atoms with Crippen LogP contribution in [0.25, 0.3) is 0 Å². The second kappa shape index (κ2) is 5.92. The molecular weight excluding hydrogens is 274 g/mol. The van der Waals surface area contributed by atoms with Crippen molar-refractivity contribution >= 4 is 11.6 Å². The zero-order valence-corrected chi connectivity index (χ0v) is 12.1. The van der Waals surface area contributed by atoms with Gasteiger partial charge in [0, 0.05) is 22.7 Å². The van der Waals surface area contributed by atoms with E-state index in [9.17, 15) is 0 Å². The van der Waals surface area contributed by atoms with E-state index in [4.69, 9.17) is 21.1 Å². The topological polar surface area (TPSA) is 22.3 Å². The molecule has 3 rings (SSSR count). The number of nitrogens with zero attached hydrogens (tertiary/aromatic N) is 1. The Morgan fingerprint density at radius 2 is 1.90 bits per heavy atom. The average Bonchev–Trinajstić information content (AvgIpc) is 2.48. The molecule has 2 aromatic rings. The summed E-state index contributed by atoms with van der Waals surface area (Å²) in [4.78, 5) is 0. The Hall–Kier alpha value is -1.42. The van der Waals surface area contributed by atoms with Crippen LogP contribution < -0.4 is 4.57 Å². The maximum atomic E-state index is 5.99. The lowest BCUT2D eigenvalue weighted by Crippen LogP contribution is -2.38. The lowest BCUT2D eigenvalue weighted by Gasteiger charge is -2.28. The molecule has 4 heteroatoms. The number of hydrogen-bond acceptors (Lipinski definition) is 2. The molecule has 0 amide bonds. The molecule has 1 aliphatic heterocycles. The molecule has 0 atom stereocenters. The SMILES string of the molecule is C[n+]1ccccc1C1COC(c2cccc(Cl)c2)OC1. The number of rotatable bonds is 2. The zero-order chi connectivity index (χ0) is 13.9. The van der Waals surface area contributed by atoms with E-state index >= 15 is 0 Å². The number of ether oxygens (including phenoxy) is 2. The van der Waals surface area contributed by atoms with Gasteiger partial charge in [-0.05, 0) is 12.1 Å². The van der Waals surface area contributed by atoms with Crippen LogP contribution in [0.4, 0.5) is 0 Å². The Bertz CT molecular complexity index is 595. The third-order valence-electron chi connectivity index (χ3n) is 3.53. The van der Waals surface area contributed by atoms with Crippen molar-refractivity contribution in [2.45, 2.75) is 12.2 Å². The Morgan fingerprint density at radius 3 is 2.60 bits per heavy atom. The minimum absolute atomic E-state index is 0.261. The van der Waals surface area contributed by atoms with E-state index in [2.05, 4.69) is 10.6 Å². The van der Waals surface area contributed by atoms with E-state index in [0.717, 1.165) is 5.56 Å². The van der Waals surface area contributed by atoms with Gasteiger partial charge in [0.15, 0.2) is 18.2 Å². The summed E-state index contributed by atoms with van der Waals surface area (Å²) in [6, 6.07) is 13.8. The fraction of sp³-hybridized carbons (Fsp3) is 0.312. The Kier molecular flexibility index (Phi) is 4.01. The van der Waals surface area contributed by atoms with Crippen LogP contribution in [0.1, 0.15) is 23.5 Å². The first-order valence-corrected chi connectivity index (χ1v) is 7.05. The van der Waals surface area contributed by atoms with E-state index in [1.807, 2.05) is 49.6 Å². The van der Waals surface area contributed by atoms with Gasteiger partial charge in [0.1, 0.15) is 7.05 Å². The van der Waals surface area contributed by atoms with Crippen molar-refractivity contribution in [3.8, 4) is 0 Å². The Morgan fingerprint density at radius 1 is 1.10 bits per heavy atom. The summed E-state index contributed by atoms with van der Waals surface area (Å²) >= 11 is 5.99. The van der Waals surface area contributed by atoms with Crippen molar-refractivity contribution in [1.29, 1.82) is 0 Å². The molecule has 0 spiro atoms. The van der Waals surface area contributed by atoms with Crippen LogP contribution in [0.15, 0.2) is 48.7 Å². The van der Waals surface area contributed by atoms with E-state index < -0.39 is 0 Å². The summed E-state index contributed by atoms with van der Waals surface area (Å²) in [5, 5.41) is 0.700. The van der Waals surface area contributed by atoms with Crippen LogP contribution in [-0.4, -0.2) is 13.2 Å². The summed E-state index contributed by atoms with van der Waals surface area (Å²) in [5.74, 6) is 0.261. The molecule has 0 unspecified atom stereocenters. The summed E-state index contributed by atoms with van der Waals surface area (Å²) in [6.07, 6.45) is 1.72. The molecular formula is C16H17ClNO2+. The number of halogens is 1. The van der Waals surface area contributed by atoms with Crippen molar-refractivity contribution in [3.05, 3.63) is 64.9 Å². The predicted octanol–water partition coefficient (Wildman–Crippen LogP) is 2.99. The highest BCUT2D eigenvalue weighted by Crippen LogP contribution is 2.29. The molecule has 1 aromatic carbocycles. The smallest absolute Gasteiger partial charge is 0.188 e. The van der Waals surface area contributed by atoms with E-state index in [1.54, 1.807) is 0 Å². The normalized spacial score (nSPS) is 22.7. The highest BCUT2D eigenvalue weighted by molar-refractivity contribution is 6.30. The number of aromatic nitrogens is 1. The molecule has 2 heterocycles. The third kappa shape index (κ3) is 2.85. The molecule has 0 N–H and O–H groups in total. The first-order valence-electron chi connectivity index (χ1n) is 6.67. The molecule has 0 radical (unpaired) electrons. The number of benzene rings is 1. The summed E-state index contributed by atoms with van der Waals surface area (Å²) in [5.41, 5.74) is 2.19. The van der Waals surface area contributed by atoms with Gasteiger partial charge in [-0.1, -0.05) is 29.8 Å². The lowest BCUT2D eigenvalue weighted by molar-refractivity contribution is -0.681. The molecule has 1 aliphatic rings. The lowest BCUT2D eigenvalue weighted by atomic mass is 10.1. The van der Waals surface area contributed by atoms with Crippen molar-refractivity contribution in [2.24, 2.45) is 7.05 Å². The number of hydrogen-bond donors (Lipinski definition) is 0. The number of pyridine rings is 1. The molecule has 0 bridgehead atoms. The van der Waals surface area contributed by atoms with Gasteiger partial charge in [-0.15, -0.1) is 0 Å². The molecule has 1 saturated heterocycles. The molecule has 1 fully saturated rings. The molecule has 20 heavy (non-hydrogen) atoms. The van der Waals surface area contributed by atoms with Crippen LogP contribution in [-0.2, 0) is 16.5 Å². The highest BCUT2D eigenvalue weighted by atomic mass is 35.5. The van der Waals surface area contributed by atoms with Gasteiger partial charge >= 0.3 is 0 Å². The molecule has 1 aromatic heterocycles. The summed E-state index contributed by atoms with van der Waals surface area (Å²) < 4.78 is 13.8. The van der Waals surface area contributed by atoms with Crippen LogP contribution in [0.5, 0.6) is 0 Å². The van der Waals surface area contributed by atoms with Crippen molar-refractivity contribution in [1.82, 2.24) is 0 Å². The molecule has 0 aliphatic carbocycles. The fourth-order valence-electron chi connectivity index (χ4n) is 2.48. The summed E-state index contributed by atoms with van der Waals surface area (Å²) in [7, 11) is 2.04. The molecule has 0 saturated carbocycles. The Balaban J connectivity index is 1.70. The van der Waals surface area contributed by atoms with Gasteiger partial charge in [-0.2, -0.15) is 0 Å². The maximum absolute atomic E-state index is 5.99. The van der Waals surface area contributed by atoms with Crippen molar-refractivity contribution in [2.75, 3.05) is 13.2 Å². The van der Waals surface area contributed by atoms with Gasteiger partial charge in [0.25, 0.3) is 0 Å². The minimum Gasteiger partial charge on any atom is -0.347 e. The minimum atomic E-state index is -0.320. The van der Waals surface area contributed by atoms with Crippen molar-refractivity contribution in [3.63, 3.8) is 0 Å². The van der Waals surface area contributed by atoms with E-state index in [0.29, 0.717) is 18.2 Å². The molecule has 104 valence electrons. The molecule has 3 nitrogen and oxygen atoms in total. The van der Waals surface area contributed by atoms with Crippen molar-refractivity contribution < 1.29 is 14.0 Å². The second-order valence-corrected chi connectivity index (χ2v) is 5.42. The maximum Gasteiger partial charge on any atom is 0.188 e. The average molecular weight is 291 g/mol. The summed E-state index contributed by atoms with van der Waals surface area (Å²) in [6.45, 7) is 1.30. The monoisotopic (exact) mass is 290 g/mol. The van der Waals surface area contributed by atoms with E-state index in [1.165, 1.54) is 5.69 Å². The standard InChI is InChI=1S/C16H17ClNO2/c1-18-8-3-2-7-15(18)13-10-19-16(20-11-13)12-5-4-6-14(17)9-12/h2-9,13,16H,10-11H2,1H3/q+1. The van der Waals surface area contributed by atoms with Crippen LogP contribution >= 0.6 is 11.6 Å². The second-order valence-electron chi connectivity index (χ2n) is 4.99. The first-order chi connectivity index (χ1) is 9.74. The van der Waals surface area contributed by atoms with E-state index in [-0.39, 0.29) is 12.2 Å².